The molecular weight excluding hydrogens is 322 g/mol. The Bertz CT molecular complexity index is 1070. The molecule has 2 aromatic heterocycles. The monoisotopic (exact) mass is 345 g/mol. The molecule has 132 valence electrons. The zero-order valence-electron chi connectivity index (χ0n) is 15.1. The minimum atomic E-state index is 0.776. The van der Waals surface area contributed by atoms with E-state index in [2.05, 4.69) is 59.1 Å². The third kappa shape index (κ3) is 2.66. The zero-order valence-corrected chi connectivity index (χ0v) is 15.1. The number of anilines is 1. The van der Waals surface area contributed by atoms with Crippen molar-refractivity contribution in [3.63, 3.8) is 0 Å². The largest absolute Gasteiger partial charge is 0.423 e. The summed E-state index contributed by atoms with van der Waals surface area (Å²) >= 11 is 0. The van der Waals surface area contributed by atoms with Gasteiger partial charge in [-0.1, -0.05) is 25.0 Å². The van der Waals surface area contributed by atoms with Crippen LogP contribution in [-0.2, 0) is 7.05 Å². The minimum absolute atomic E-state index is 0.776. The van der Waals surface area contributed by atoms with Crippen LogP contribution in [0.4, 0.5) is 6.01 Å². The molecule has 26 heavy (non-hydrogen) atoms. The van der Waals surface area contributed by atoms with Crippen molar-refractivity contribution < 1.29 is 4.42 Å². The third-order valence-corrected chi connectivity index (χ3v) is 5.47. The van der Waals surface area contributed by atoms with E-state index in [1.807, 2.05) is 6.07 Å². The quantitative estimate of drug-likeness (QED) is 0.490. The standard InChI is InChI=1S/C22H23N3O/c1-24-13-10-18-14-16(6-8-20(18)24)17-7-9-21-19(15-17)23-22(26-21)25-11-4-2-3-5-12-25/h6-10,13-15H,2-5,11-12H2,1H3. The summed E-state index contributed by atoms with van der Waals surface area (Å²) in [6, 6.07) is 15.9. The van der Waals surface area contributed by atoms with Gasteiger partial charge in [0.05, 0.1) is 0 Å². The molecule has 0 radical (unpaired) electrons. The van der Waals surface area contributed by atoms with Gasteiger partial charge in [-0.2, -0.15) is 4.98 Å². The Kier molecular flexibility index (Phi) is 3.70. The topological polar surface area (TPSA) is 34.2 Å². The maximum absolute atomic E-state index is 6.04. The number of aryl methyl sites for hydroxylation is 1. The first-order valence-corrected chi connectivity index (χ1v) is 9.49. The van der Waals surface area contributed by atoms with E-state index in [0.29, 0.717) is 0 Å². The van der Waals surface area contributed by atoms with E-state index in [9.17, 15) is 0 Å². The molecule has 2 aromatic carbocycles. The van der Waals surface area contributed by atoms with Gasteiger partial charge in [-0.25, -0.2) is 0 Å². The molecular formula is C22H23N3O. The molecule has 1 aliphatic heterocycles. The minimum Gasteiger partial charge on any atom is -0.423 e. The maximum Gasteiger partial charge on any atom is 0.298 e. The Hall–Kier alpha value is -2.75. The average Bonchev–Trinajstić information content (AvgIpc) is 3.14. The molecule has 0 unspecified atom stereocenters. The molecule has 0 amide bonds. The summed E-state index contributed by atoms with van der Waals surface area (Å²) in [6.07, 6.45) is 7.16. The van der Waals surface area contributed by atoms with Crippen LogP contribution in [0.25, 0.3) is 33.1 Å². The first-order chi connectivity index (χ1) is 12.8. The highest BCUT2D eigenvalue weighted by Crippen LogP contribution is 2.30. The van der Waals surface area contributed by atoms with Gasteiger partial charge in [0.15, 0.2) is 5.58 Å². The van der Waals surface area contributed by atoms with Crippen LogP contribution >= 0.6 is 0 Å². The second-order valence-corrected chi connectivity index (χ2v) is 7.28. The smallest absolute Gasteiger partial charge is 0.298 e. The van der Waals surface area contributed by atoms with Crippen LogP contribution < -0.4 is 4.90 Å². The van der Waals surface area contributed by atoms with E-state index in [4.69, 9.17) is 9.40 Å². The molecule has 3 heterocycles. The summed E-state index contributed by atoms with van der Waals surface area (Å²) in [5, 5.41) is 1.26. The van der Waals surface area contributed by atoms with Gasteiger partial charge in [-0.15, -0.1) is 0 Å². The highest BCUT2D eigenvalue weighted by atomic mass is 16.4. The number of nitrogens with zero attached hydrogens (tertiary/aromatic N) is 3. The second-order valence-electron chi connectivity index (χ2n) is 7.28. The van der Waals surface area contributed by atoms with E-state index in [1.54, 1.807) is 0 Å². The molecule has 1 saturated heterocycles. The van der Waals surface area contributed by atoms with Gasteiger partial charge < -0.3 is 13.9 Å². The van der Waals surface area contributed by atoms with E-state index in [-0.39, 0.29) is 0 Å². The van der Waals surface area contributed by atoms with Crippen LogP contribution in [0.15, 0.2) is 53.1 Å². The number of rotatable bonds is 2. The Labute approximate surface area is 153 Å². The van der Waals surface area contributed by atoms with Crippen molar-refractivity contribution in [1.29, 1.82) is 0 Å². The number of aromatic nitrogens is 2. The average molecular weight is 345 g/mol. The van der Waals surface area contributed by atoms with Gasteiger partial charge in [0.25, 0.3) is 6.01 Å². The van der Waals surface area contributed by atoms with Gasteiger partial charge in [-0.05, 0) is 54.3 Å². The molecule has 0 aliphatic carbocycles. The fraction of sp³-hybridized carbons (Fsp3) is 0.318. The number of fused-ring (bicyclic) bond motifs is 2. The second kappa shape index (κ2) is 6.20. The predicted octanol–water partition coefficient (Wildman–Crippen LogP) is 5.37. The van der Waals surface area contributed by atoms with Gasteiger partial charge in [0.2, 0.25) is 0 Å². The lowest BCUT2D eigenvalue weighted by Gasteiger charge is -2.16. The molecule has 0 spiro atoms. The summed E-state index contributed by atoms with van der Waals surface area (Å²) in [4.78, 5) is 7.08. The van der Waals surface area contributed by atoms with E-state index in [1.165, 1.54) is 47.7 Å². The predicted molar refractivity (Wildman–Crippen MR) is 107 cm³/mol. The normalized spacial score (nSPS) is 15.7. The Balaban J connectivity index is 1.52. The van der Waals surface area contributed by atoms with Crippen LogP contribution in [0.5, 0.6) is 0 Å². The van der Waals surface area contributed by atoms with Gasteiger partial charge in [0, 0.05) is 37.2 Å². The highest BCUT2D eigenvalue weighted by molar-refractivity contribution is 5.88. The molecule has 1 aliphatic rings. The van der Waals surface area contributed by atoms with Gasteiger partial charge >= 0.3 is 0 Å². The Morgan fingerprint density at radius 2 is 1.65 bits per heavy atom. The summed E-state index contributed by atoms with van der Waals surface area (Å²) in [5.41, 5.74) is 5.45. The number of oxazole rings is 1. The van der Waals surface area contributed by atoms with Crippen molar-refractivity contribution in [3.05, 3.63) is 48.7 Å². The molecule has 0 N–H and O–H groups in total. The lowest BCUT2D eigenvalue weighted by atomic mass is 10.0. The fourth-order valence-electron chi connectivity index (χ4n) is 3.95. The number of hydrogen-bond acceptors (Lipinski definition) is 3. The van der Waals surface area contributed by atoms with Crippen LogP contribution in [0.2, 0.25) is 0 Å². The van der Waals surface area contributed by atoms with Crippen molar-refractivity contribution in [1.82, 2.24) is 9.55 Å². The van der Waals surface area contributed by atoms with Crippen LogP contribution in [0, 0.1) is 0 Å². The lowest BCUT2D eigenvalue weighted by molar-refractivity contribution is 0.567. The molecule has 1 fully saturated rings. The molecule has 4 heteroatoms. The van der Waals surface area contributed by atoms with Crippen molar-refractivity contribution in [2.45, 2.75) is 25.7 Å². The van der Waals surface area contributed by atoms with Crippen LogP contribution in [0.3, 0.4) is 0 Å². The molecule has 0 atom stereocenters. The summed E-state index contributed by atoms with van der Waals surface area (Å²) < 4.78 is 8.19. The fourth-order valence-corrected chi connectivity index (χ4v) is 3.95. The maximum atomic E-state index is 6.04. The molecule has 4 aromatic rings. The lowest BCUT2D eigenvalue weighted by Crippen LogP contribution is -2.23. The summed E-state index contributed by atoms with van der Waals surface area (Å²) in [7, 11) is 2.08. The van der Waals surface area contributed by atoms with Gasteiger partial charge in [-0.3, -0.25) is 0 Å². The summed E-state index contributed by atoms with van der Waals surface area (Å²) in [5.74, 6) is 0. The third-order valence-electron chi connectivity index (χ3n) is 5.47. The molecule has 0 saturated carbocycles. The number of hydrogen-bond donors (Lipinski definition) is 0. The first kappa shape index (κ1) is 15.5. The van der Waals surface area contributed by atoms with E-state index < -0.39 is 0 Å². The van der Waals surface area contributed by atoms with Crippen LogP contribution in [-0.4, -0.2) is 22.6 Å². The van der Waals surface area contributed by atoms with Crippen molar-refractivity contribution in [2.75, 3.05) is 18.0 Å². The van der Waals surface area contributed by atoms with Gasteiger partial charge in [0.1, 0.15) is 5.52 Å². The van der Waals surface area contributed by atoms with Crippen molar-refractivity contribution in [2.24, 2.45) is 7.05 Å². The Morgan fingerprint density at radius 3 is 2.50 bits per heavy atom. The molecule has 0 bridgehead atoms. The van der Waals surface area contributed by atoms with E-state index in [0.717, 1.165) is 30.2 Å². The SMILES string of the molecule is Cn1ccc2cc(-c3ccc4oc(N5CCCCCC5)nc4c3)ccc21. The van der Waals surface area contributed by atoms with Crippen molar-refractivity contribution >= 4 is 28.0 Å². The molecule has 5 rings (SSSR count). The highest BCUT2D eigenvalue weighted by Gasteiger charge is 2.16. The van der Waals surface area contributed by atoms with Crippen LogP contribution in [0.1, 0.15) is 25.7 Å². The first-order valence-electron chi connectivity index (χ1n) is 9.49. The zero-order chi connectivity index (χ0) is 17.5. The van der Waals surface area contributed by atoms with E-state index >= 15 is 0 Å². The Morgan fingerprint density at radius 1 is 0.885 bits per heavy atom. The number of benzene rings is 2. The van der Waals surface area contributed by atoms with Crippen molar-refractivity contribution in [3.8, 4) is 11.1 Å². The summed E-state index contributed by atoms with van der Waals surface area (Å²) in [6.45, 7) is 2.09. The molecule has 4 nitrogen and oxygen atoms in total.